The van der Waals surface area contributed by atoms with Crippen LogP contribution in [0.5, 0.6) is 0 Å². The molecule has 0 bridgehead atoms. The lowest BCUT2D eigenvalue weighted by Crippen LogP contribution is -2.18. The third-order valence-corrected chi connectivity index (χ3v) is 6.22. The molecule has 2 heterocycles. The molecular formula is C27H31ClF3N3O5. The average Bonchev–Trinajstić information content (AvgIpc) is 3.43. The smallest absolute Gasteiger partial charge is 0.303 e. The highest BCUT2D eigenvalue weighted by molar-refractivity contribution is 6.30. The number of carbonyl (C=O) groups is 2. The monoisotopic (exact) mass is 569 g/mol. The molecule has 1 aromatic carbocycles. The summed E-state index contributed by atoms with van der Waals surface area (Å²) in [5.74, 6) is -1.34. The molecule has 0 radical (unpaired) electrons. The number of aryl methyl sites for hydroxylation is 1. The second kappa shape index (κ2) is 12.7. The summed E-state index contributed by atoms with van der Waals surface area (Å²) in [6.45, 7) is 6.30. The van der Waals surface area contributed by atoms with E-state index in [9.17, 15) is 27.9 Å². The molecule has 2 aromatic heterocycles. The minimum absolute atomic E-state index is 0.00212. The highest BCUT2D eigenvalue weighted by Crippen LogP contribution is 2.48. The first-order valence-corrected chi connectivity index (χ1v) is 12.8. The Balaban J connectivity index is 0.000000532. The SMILES string of the molecule is CC(C)(C)C(F)F.Cc1cc(-c2onc([C@@H](CCC(=O)O)CC(=O)Nc3ccc(Cl)cc3F)c2C2CC2)no1. The van der Waals surface area contributed by atoms with Gasteiger partial charge in [-0.25, -0.2) is 13.2 Å². The predicted molar refractivity (Wildman–Crippen MR) is 138 cm³/mol. The van der Waals surface area contributed by atoms with Crippen molar-refractivity contribution in [2.24, 2.45) is 5.41 Å². The molecule has 0 aliphatic heterocycles. The lowest BCUT2D eigenvalue weighted by Gasteiger charge is -2.15. The van der Waals surface area contributed by atoms with Crippen molar-refractivity contribution in [1.82, 2.24) is 10.3 Å². The summed E-state index contributed by atoms with van der Waals surface area (Å²) >= 11 is 5.76. The van der Waals surface area contributed by atoms with Gasteiger partial charge in [0.05, 0.1) is 11.4 Å². The number of amides is 1. The first-order valence-electron chi connectivity index (χ1n) is 12.4. The summed E-state index contributed by atoms with van der Waals surface area (Å²) < 4.78 is 47.9. The van der Waals surface area contributed by atoms with E-state index < -0.39 is 35.5 Å². The standard InChI is InChI=1S/C22H21ClFN3O5.C5H10F2/c1-11-8-17(26-31-11)22-20(12-2-3-12)21(27-32-22)13(4-7-19(29)30)9-18(28)25-16-6-5-14(23)10-15(16)24;1-5(2,3)4(6)7/h5-6,8,10,12-13H,2-4,7,9H2,1H3,(H,25,28)(H,29,30);4H,1-3H3/t13-;/m0./s1. The molecule has 1 aliphatic rings. The normalized spacial score (nSPS) is 14.1. The zero-order valence-electron chi connectivity index (χ0n) is 22.1. The van der Waals surface area contributed by atoms with Crippen molar-refractivity contribution < 1.29 is 36.9 Å². The van der Waals surface area contributed by atoms with Gasteiger partial charge in [-0.3, -0.25) is 9.59 Å². The van der Waals surface area contributed by atoms with Gasteiger partial charge in [0.1, 0.15) is 11.6 Å². The van der Waals surface area contributed by atoms with E-state index in [0.29, 0.717) is 22.9 Å². The van der Waals surface area contributed by atoms with E-state index in [-0.39, 0.29) is 35.9 Å². The Hall–Kier alpha value is -3.34. The van der Waals surface area contributed by atoms with Crippen LogP contribution < -0.4 is 5.32 Å². The topological polar surface area (TPSA) is 118 Å². The number of halogens is 4. The van der Waals surface area contributed by atoms with Crippen LogP contribution in [0.25, 0.3) is 11.5 Å². The maximum atomic E-state index is 14.1. The maximum absolute atomic E-state index is 14.1. The molecule has 0 saturated heterocycles. The number of hydrogen-bond acceptors (Lipinski definition) is 6. The van der Waals surface area contributed by atoms with Gasteiger partial charge in [-0.15, -0.1) is 0 Å². The van der Waals surface area contributed by atoms with Gasteiger partial charge < -0.3 is 19.5 Å². The number of aromatic nitrogens is 2. The Bertz CT molecular complexity index is 1300. The number of alkyl halides is 2. The van der Waals surface area contributed by atoms with Crippen LogP contribution in [-0.2, 0) is 9.59 Å². The molecule has 1 saturated carbocycles. The summed E-state index contributed by atoms with van der Waals surface area (Å²) in [5.41, 5.74) is 1.04. The third kappa shape index (κ3) is 8.58. The van der Waals surface area contributed by atoms with Crippen molar-refractivity contribution in [2.45, 2.75) is 78.1 Å². The lowest BCUT2D eigenvalue weighted by atomic mass is 9.90. The number of benzene rings is 1. The number of aliphatic carboxylic acids is 1. The Morgan fingerprint density at radius 1 is 1.18 bits per heavy atom. The summed E-state index contributed by atoms with van der Waals surface area (Å²) in [6.07, 6.45) is -0.387. The number of nitrogens with zero attached hydrogens (tertiary/aromatic N) is 2. The number of hydrogen-bond donors (Lipinski definition) is 2. The highest BCUT2D eigenvalue weighted by Gasteiger charge is 2.37. The lowest BCUT2D eigenvalue weighted by molar-refractivity contribution is -0.137. The minimum Gasteiger partial charge on any atom is -0.481 e. The summed E-state index contributed by atoms with van der Waals surface area (Å²) in [5, 5.41) is 20.1. The average molecular weight is 570 g/mol. The van der Waals surface area contributed by atoms with E-state index in [0.717, 1.165) is 24.5 Å². The summed E-state index contributed by atoms with van der Waals surface area (Å²) in [6, 6.07) is 5.68. The first-order chi connectivity index (χ1) is 18.3. The second-order valence-corrected chi connectivity index (χ2v) is 11.0. The van der Waals surface area contributed by atoms with Gasteiger partial charge >= 0.3 is 5.97 Å². The van der Waals surface area contributed by atoms with Crippen molar-refractivity contribution in [3.8, 4) is 11.5 Å². The number of carboxylic acid groups (broad SMARTS) is 1. The van der Waals surface area contributed by atoms with Gasteiger partial charge in [-0.2, -0.15) is 0 Å². The number of nitrogens with one attached hydrogen (secondary N) is 1. The van der Waals surface area contributed by atoms with Gasteiger partial charge in [-0.05, 0) is 50.3 Å². The zero-order chi connectivity index (χ0) is 28.9. The van der Waals surface area contributed by atoms with Gasteiger partial charge in [0.15, 0.2) is 11.5 Å². The highest BCUT2D eigenvalue weighted by atomic mass is 35.5. The molecule has 0 unspecified atom stereocenters. The molecule has 1 aliphatic carbocycles. The molecule has 0 spiro atoms. The van der Waals surface area contributed by atoms with Crippen molar-refractivity contribution in [1.29, 1.82) is 0 Å². The van der Waals surface area contributed by atoms with Gasteiger partial charge in [0.25, 0.3) is 0 Å². The van der Waals surface area contributed by atoms with E-state index in [1.54, 1.807) is 13.0 Å². The Morgan fingerprint density at radius 2 is 1.85 bits per heavy atom. The number of anilines is 1. The first kappa shape index (κ1) is 30.2. The Labute approximate surface area is 228 Å². The molecule has 3 aromatic rings. The van der Waals surface area contributed by atoms with Crippen LogP contribution >= 0.6 is 11.6 Å². The fourth-order valence-corrected chi connectivity index (χ4v) is 3.84. The Morgan fingerprint density at radius 3 is 2.36 bits per heavy atom. The van der Waals surface area contributed by atoms with E-state index in [1.807, 2.05) is 0 Å². The van der Waals surface area contributed by atoms with Crippen molar-refractivity contribution in [3.05, 3.63) is 52.1 Å². The second-order valence-electron chi connectivity index (χ2n) is 10.6. The molecule has 1 amide bonds. The molecule has 212 valence electrons. The van der Waals surface area contributed by atoms with E-state index in [2.05, 4.69) is 15.6 Å². The molecule has 1 fully saturated rings. The minimum atomic E-state index is -2.20. The zero-order valence-corrected chi connectivity index (χ0v) is 22.8. The van der Waals surface area contributed by atoms with Crippen LogP contribution in [0.4, 0.5) is 18.9 Å². The largest absolute Gasteiger partial charge is 0.481 e. The molecule has 4 rings (SSSR count). The van der Waals surface area contributed by atoms with Crippen LogP contribution in [0.1, 0.15) is 81.7 Å². The molecule has 12 heteroatoms. The fourth-order valence-electron chi connectivity index (χ4n) is 3.68. The Kier molecular flexibility index (Phi) is 9.82. The molecule has 1 atom stereocenters. The number of carbonyl (C=O) groups excluding carboxylic acids is 1. The fraction of sp³-hybridized carbons (Fsp3) is 0.481. The molecule has 2 N–H and O–H groups in total. The van der Waals surface area contributed by atoms with Crippen molar-refractivity contribution in [2.75, 3.05) is 5.32 Å². The van der Waals surface area contributed by atoms with Crippen molar-refractivity contribution >= 4 is 29.2 Å². The van der Waals surface area contributed by atoms with Gasteiger partial charge in [0, 0.05) is 40.8 Å². The van der Waals surface area contributed by atoms with Gasteiger partial charge in [0.2, 0.25) is 12.3 Å². The van der Waals surface area contributed by atoms with Crippen molar-refractivity contribution in [3.63, 3.8) is 0 Å². The van der Waals surface area contributed by atoms with E-state index in [1.165, 1.54) is 32.9 Å². The summed E-state index contributed by atoms with van der Waals surface area (Å²) in [7, 11) is 0. The maximum Gasteiger partial charge on any atom is 0.303 e. The predicted octanol–water partition coefficient (Wildman–Crippen LogP) is 7.58. The van der Waals surface area contributed by atoms with Crippen LogP contribution in [-0.4, -0.2) is 33.7 Å². The summed E-state index contributed by atoms with van der Waals surface area (Å²) in [4.78, 5) is 23.9. The number of rotatable bonds is 9. The van der Waals surface area contributed by atoms with Crippen LogP contribution in [0.15, 0.2) is 33.3 Å². The molecule has 39 heavy (non-hydrogen) atoms. The van der Waals surface area contributed by atoms with Crippen LogP contribution in [0, 0.1) is 18.2 Å². The quantitative estimate of drug-likeness (QED) is 0.272. The van der Waals surface area contributed by atoms with Gasteiger partial charge in [-0.1, -0.05) is 42.7 Å². The molecule has 8 nitrogen and oxygen atoms in total. The van der Waals surface area contributed by atoms with E-state index >= 15 is 0 Å². The third-order valence-electron chi connectivity index (χ3n) is 5.99. The number of carboxylic acids is 1. The van der Waals surface area contributed by atoms with Crippen LogP contribution in [0.3, 0.4) is 0 Å². The van der Waals surface area contributed by atoms with E-state index in [4.69, 9.17) is 20.6 Å². The van der Waals surface area contributed by atoms with Crippen LogP contribution in [0.2, 0.25) is 5.02 Å². The molecular weight excluding hydrogens is 539 g/mol.